The van der Waals surface area contributed by atoms with Crippen LogP contribution in [0.3, 0.4) is 0 Å². The third-order valence-electron chi connectivity index (χ3n) is 3.83. The lowest BCUT2D eigenvalue weighted by Gasteiger charge is -2.44. The number of hydrogen-bond donors (Lipinski definition) is 1. The standard InChI is InChI=1S/C15H16ClNS/c1-11-4-2-3-5-12(11)15(9-17-10-15)8-14-13(16)6-7-18-14/h2-7,17H,8-10H2,1H3. The van der Waals surface area contributed by atoms with Gasteiger partial charge < -0.3 is 5.32 Å². The lowest BCUT2D eigenvalue weighted by atomic mass is 9.71. The molecule has 0 bridgehead atoms. The van der Waals surface area contributed by atoms with Crippen molar-refractivity contribution in [2.45, 2.75) is 18.8 Å². The first kappa shape index (κ1) is 12.2. The van der Waals surface area contributed by atoms with Gasteiger partial charge in [-0.15, -0.1) is 11.3 Å². The van der Waals surface area contributed by atoms with Crippen LogP contribution >= 0.6 is 22.9 Å². The van der Waals surface area contributed by atoms with E-state index in [4.69, 9.17) is 11.6 Å². The van der Waals surface area contributed by atoms with Gasteiger partial charge in [0.25, 0.3) is 0 Å². The molecule has 0 spiro atoms. The van der Waals surface area contributed by atoms with Crippen molar-refractivity contribution in [3.8, 4) is 0 Å². The fourth-order valence-electron chi connectivity index (χ4n) is 2.76. The van der Waals surface area contributed by atoms with Gasteiger partial charge in [0.2, 0.25) is 0 Å². The Morgan fingerprint density at radius 2 is 2.06 bits per heavy atom. The Labute approximate surface area is 117 Å². The molecule has 2 aromatic rings. The van der Waals surface area contributed by atoms with Gasteiger partial charge in [-0.25, -0.2) is 0 Å². The molecule has 3 heteroatoms. The molecule has 18 heavy (non-hydrogen) atoms. The zero-order chi connectivity index (χ0) is 12.6. The van der Waals surface area contributed by atoms with E-state index in [1.807, 2.05) is 6.07 Å². The average molecular weight is 278 g/mol. The second kappa shape index (κ2) is 4.69. The largest absolute Gasteiger partial charge is 0.315 e. The highest BCUT2D eigenvalue weighted by Gasteiger charge is 2.40. The SMILES string of the molecule is Cc1ccccc1C1(Cc2sccc2Cl)CNC1. The quantitative estimate of drug-likeness (QED) is 0.900. The Morgan fingerprint density at radius 3 is 2.61 bits per heavy atom. The summed E-state index contributed by atoms with van der Waals surface area (Å²) in [5, 5.41) is 6.42. The number of rotatable bonds is 3. The molecule has 1 nitrogen and oxygen atoms in total. The molecule has 2 heterocycles. The van der Waals surface area contributed by atoms with Crippen LogP contribution in [0.2, 0.25) is 5.02 Å². The van der Waals surface area contributed by atoms with Gasteiger partial charge in [0.15, 0.2) is 0 Å². The summed E-state index contributed by atoms with van der Waals surface area (Å²) < 4.78 is 0. The molecule has 0 saturated carbocycles. The molecular formula is C15H16ClNS. The van der Waals surface area contributed by atoms with E-state index in [0.717, 1.165) is 24.5 Å². The van der Waals surface area contributed by atoms with Crippen LogP contribution in [0.15, 0.2) is 35.7 Å². The third-order valence-corrected chi connectivity index (χ3v) is 5.22. The first-order chi connectivity index (χ1) is 8.71. The van der Waals surface area contributed by atoms with Crippen molar-refractivity contribution < 1.29 is 0 Å². The van der Waals surface area contributed by atoms with Crippen LogP contribution in [0.5, 0.6) is 0 Å². The second-order valence-corrected chi connectivity index (χ2v) is 6.48. The summed E-state index contributed by atoms with van der Waals surface area (Å²) in [4.78, 5) is 1.31. The van der Waals surface area contributed by atoms with Crippen LogP contribution in [-0.2, 0) is 11.8 Å². The van der Waals surface area contributed by atoms with Gasteiger partial charge in [0, 0.05) is 23.4 Å². The van der Waals surface area contributed by atoms with Crippen LogP contribution in [0.4, 0.5) is 0 Å². The van der Waals surface area contributed by atoms with Crippen molar-refractivity contribution in [3.63, 3.8) is 0 Å². The molecular weight excluding hydrogens is 262 g/mol. The number of hydrogen-bond acceptors (Lipinski definition) is 2. The molecule has 0 radical (unpaired) electrons. The van der Waals surface area contributed by atoms with Gasteiger partial charge in [-0.2, -0.15) is 0 Å². The fraction of sp³-hybridized carbons (Fsp3) is 0.333. The van der Waals surface area contributed by atoms with Crippen molar-refractivity contribution in [3.05, 3.63) is 56.7 Å². The molecule has 1 N–H and O–H groups in total. The molecule has 1 fully saturated rings. The maximum Gasteiger partial charge on any atom is 0.0545 e. The number of halogens is 1. The summed E-state index contributed by atoms with van der Waals surface area (Å²) in [5.41, 5.74) is 3.08. The molecule has 0 atom stereocenters. The van der Waals surface area contributed by atoms with Crippen LogP contribution in [0.1, 0.15) is 16.0 Å². The van der Waals surface area contributed by atoms with Gasteiger partial charge in [0.1, 0.15) is 0 Å². The third kappa shape index (κ3) is 1.99. The average Bonchev–Trinajstić information content (AvgIpc) is 2.71. The Hall–Kier alpha value is -0.830. The van der Waals surface area contributed by atoms with Crippen LogP contribution in [0, 0.1) is 6.92 Å². The summed E-state index contributed by atoms with van der Waals surface area (Å²) in [7, 11) is 0. The Kier molecular flexibility index (Phi) is 3.18. The van der Waals surface area contributed by atoms with E-state index in [1.54, 1.807) is 11.3 Å². The molecule has 1 aromatic heterocycles. The van der Waals surface area contributed by atoms with Gasteiger partial charge >= 0.3 is 0 Å². The number of benzene rings is 1. The number of nitrogens with one attached hydrogen (secondary N) is 1. The normalized spacial score (nSPS) is 17.4. The van der Waals surface area contributed by atoms with Gasteiger partial charge in [-0.3, -0.25) is 0 Å². The Balaban J connectivity index is 1.96. The van der Waals surface area contributed by atoms with E-state index >= 15 is 0 Å². The second-order valence-electron chi connectivity index (χ2n) is 5.07. The zero-order valence-corrected chi connectivity index (χ0v) is 11.9. The highest BCUT2D eigenvalue weighted by atomic mass is 35.5. The van der Waals surface area contributed by atoms with Crippen molar-refractivity contribution >= 4 is 22.9 Å². The number of aryl methyl sites for hydroxylation is 1. The molecule has 1 aliphatic rings. The van der Waals surface area contributed by atoms with E-state index in [0.29, 0.717) is 0 Å². The van der Waals surface area contributed by atoms with Crippen LogP contribution in [-0.4, -0.2) is 13.1 Å². The number of thiophene rings is 1. The van der Waals surface area contributed by atoms with E-state index in [1.165, 1.54) is 16.0 Å². The molecule has 1 saturated heterocycles. The fourth-order valence-corrected chi connectivity index (χ4v) is 4.01. The Morgan fingerprint density at radius 1 is 1.28 bits per heavy atom. The van der Waals surface area contributed by atoms with Crippen molar-refractivity contribution in [2.24, 2.45) is 0 Å². The molecule has 0 aliphatic carbocycles. The molecule has 3 rings (SSSR count). The first-order valence-corrected chi connectivity index (χ1v) is 7.46. The van der Waals surface area contributed by atoms with E-state index in [9.17, 15) is 0 Å². The van der Waals surface area contributed by atoms with Crippen LogP contribution in [0.25, 0.3) is 0 Å². The molecule has 94 valence electrons. The summed E-state index contributed by atoms with van der Waals surface area (Å²) in [6, 6.07) is 10.7. The van der Waals surface area contributed by atoms with Gasteiger partial charge in [-0.1, -0.05) is 35.9 Å². The summed E-state index contributed by atoms with van der Waals surface area (Å²) in [5.74, 6) is 0. The molecule has 1 aliphatic heterocycles. The summed E-state index contributed by atoms with van der Waals surface area (Å²) >= 11 is 8.01. The molecule has 0 amide bonds. The summed E-state index contributed by atoms with van der Waals surface area (Å²) in [6.07, 6.45) is 1.04. The Bertz CT molecular complexity index is 557. The predicted molar refractivity (Wildman–Crippen MR) is 78.8 cm³/mol. The van der Waals surface area contributed by atoms with Gasteiger partial charge in [-0.05, 0) is 35.9 Å². The minimum Gasteiger partial charge on any atom is -0.315 e. The molecule has 1 aromatic carbocycles. The smallest absolute Gasteiger partial charge is 0.0545 e. The van der Waals surface area contributed by atoms with E-state index in [2.05, 4.69) is 41.9 Å². The van der Waals surface area contributed by atoms with E-state index < -0.39 is 0 Å². The first-order valence-electron chi connectivity index (χ1n) is 6.20. The monoisotopic (exact) mass is 277 g/mol. The molecule has 0 unspecified atom stereocenters. The van der Waals surface area contributed by atoms with Crippen molar-refractivity contribution in [1.29, 1.82) is 0 Å². The minimum absolute atomic E-state index is 0.236. The maximum absolute atomic E-state index is 6.24. The highest BCUT2D eigenvalue weighted by Crippen LogP contribution is 2.37. The predicted octanol–water partition coefficient (Wildman–Crippen LogP) is 3.79. The van der Waals surface area contributed by atoms with Crippen molar-refractivity contribution in [2.75, 3.05) is 13.1 Å². The minimum atomic E-state index is 0.236. The van der Waals surface area contributed by atoms with Crippen LogP contribution < -0.4 is 5.32 Å². The van der Waals surface area contributed by atoms with Gasteiger partial charge in [0.05, 0.1) is 5.02 Å². The zero-order valence-electron chi connectivity index (χ0n) is 10.4. The maximum atomic E-state index is 6.24. The highest BCUT2D eigenvalue weighted by molar-refractivity contribution is 7.10. The van der Waals surface area contributed by atoms with Crippen molar-refractivity contribution in [1.82, 2.24) is 5.32 Å². The topological polar surface area (TPSA) is 12.0 Å². The van der Waals surface area contributed by atoms with E-state index in [-0.39, 0.29) is 5.41 Å². The lowest BCUT2D eigenvalue weighted by molar-refractivity contribution is 0.275. The lowest BCUT2D eigenvalue weighted by Crippen LogP contribution is -2.58. The summed E-state index contributed by atoms with van der Waals surface area (Å²) in [6.45, 7) is 4.30.